The fraction of sp³-hybridized carbons (Fsp3) is 0.200. The van der Waals surface area contributed by atoms with Gasteiger partial charge < -0.3 is 14.4 Å². The quantitative estimate of drug-likeness (QED) is 0.818. The zero-order valence-electron chi connectivity index (χ0n) is 8.69. The molecule has 0 bridgehead atoms. The molecule has 2 aromatic rings. The summed E-state index contributed by atoms with van der Waals surface area (Å²) < 4.78 is 5.37. The Bertz CT molecular complexity index is 568. The number of rotatable bonds is 2. The van der Waals surface area contributed by atoms with Gasteiger partial charge in [0.15, 0.2) is 5.58 Å². The topological polar surface area (TPSA) is 66.6 Å². The van der Waals surface area contributed by atoms with Gasteiger partial charge in [0.05, 0.1) is 5.56 Å². The molecule has 1 N–H and O–H groups in total. The van der Waals surface area contributed by atoms with Crippen molar-refractivity contribution in [1.82, 2.24) is 4.98 Å². The molecule has 86 valence electrons. The summed E-state index contributed by atoms with van der Waals surface area (Å²) in [5.74, 6) is -1.08. The Kier molecular flexibility index (Phi) is 4.10. The molecule has 0 atom stereocenters. The third kappa shape index (κ3) is 2.58. The molecule has 5 nitrogen and oxygen atoms in total. The van der Waals surface area contributed by atoms with E-state index in [0.717, 1.165) is 0 Å². The number of fused-ring (bicyclic) bond motifs is 1. The molecule has 0 fully saturated rings. The van der Waals surface area contributed by atoms with Crippen molar-refractivity contribution in [3.8, 4) is 0 Å². The van der Waals surface area contributed by atoms with Gasteiger partial charge in [-0.3, -0.25) is 0 Å². The number of carbonyl (C=O) groups is 1. The molecule has 1 aromatic heterocycles. The summed E-state index contributed by atoms with van der Waals surface area (Å²) in [5.41, 5.74) is 0.716. The number of hydrogen-bond donors (Lipinski definition) is 1. The van der Waals surface area contributed by atoms with Gasteiger partial charge >= 0.3 is 24.8 Å². The Morgan fingerprint density at radius 3 is 2.65 bits per heavy atom. The molecule has 0 radical (unpaired) electrons. The number of halogens is 1. The van der Waals surface area contributed by atoms with E-state index in [-0.39, 0.29) is 24.4 Å². The molecular weight excluding hydrogens is 239 g/mol. The molecule has 0 aliphatic heterocycles. The van der Waals surface area contributed by atoms with Crippen LogP contribution in [0.25, 0.3) is 11.1 Å². The van der Waals surface area contributed by atoms with E-state index in [1.54, 1.807) is 25.1 Å². The van der Waals surface area contributed by atoms with Crippen LogP contribution in [0.4, 0.5) is 6.01 Å². The van der Waals surface area contributed by atoms with Gasteiger partial charge in [0.1, 0.15) is 5.52 Å². The van der Waals surface area contributed by atoms with Crippen LogP contribution < -0.4 is 4.90 Å². The molecule has 1 aromatic carbocycles. The zero-order chi connectivity index (χ0) is 11.9. The Morgan fingerprint density at radius 2 is 2.12 bits per heavy atom. The first-order chi connectivity index (χ1) is 7.49. The van der Waals surface area contributed by atoms with Gasteiger partial charge in [0.25, 0.3) is 6.01 Å². The molecule has 0 aliphatic rings. The van der Waals surface area contributed by atoms with Gasteiger partial charge in [-0.25, -0.2) is 4.79 Å². The monoisotopic (exact) mass is 248 g/mol. The van der Waals surface area contributed by atoms with Crippen LogP contribution in [-0.4, -0.2) is 49.0 Å². The van der Waals surface area contributed by atoms with Crippen LogP contribution in [0.3, 0.4) is 0 Å². The molecule has 0 unspecified atom stereocenters. The van der Waals surface area contributed by atoms with E-state index in [0.29, 0.717) is 22.1 Å². The number of nitrogens with zero attached hydrogens (tertiary/aromatic N) is 2. The van der Waals surface area contributed by atoms with Crippen LogP contribution in [0.15, 0.2) is 16.5 Å². The van der Waals surface area contributed by atoms with E-state index >= 15 is 0 Å². The second-order valence-electron chi connectivity index (χ2n) is 3.50. The van der Waals surface area contributed by atoms with Crippen LogP contribution in [-0.2, 0) is 0 Å². The van der Waals surface area contributed by atoms with Gasteiger partial charge in [-0.15, -0.1) is 0 Å². The van der Waals surface area contributed by atoms with Crippen molar-refractivity contribution >= 4 is 53.5 Å². The first kappa shape index (κ1) is 13.9. The number of aromatic nitrogens is 1. The molecule has 17 heavy (non-hydrogen) atoms. The van der Waals surface area contributed by atoms with Crippen LogP contribution >= 0.6 is 11.6 Å². The summed E-state index contributed by atoms with van der Waals surface area (Å²) in [6.45, 7) is 0. The van der Waals surface area contributed by atoms with Gasteiger partial charge in [0, 0.05) is 25.2 Å². The average molecular weight is 249 g/mol. The van der Waals surface area contributed by atoms with Gasteiger partial charge in [-0.1, -0.05) is 11.6 Å². The van der Waals surface area contributed by atoms with E-state index in [2.05, 4.69) is 4.98 Å². The minimum absolute atomic E-state index is 0. The Morgan fingerprint density at radius 1 is 1.47 bits per heavy atom. The summed E-state index contributed by atoms with van der Waals surface area (Å²) >= 11 is 5.79. The van der Waals surface area contributed by atoms with E-state index in [9.17, 15) is 4.79 Å². The average Bonchev–Trinajstić information content (AvgIpc) is 2.59. The van der Waals surface area contributed by atoms with E-state index in [1.807, 2.05) is 0 Å². The third-order valence-corrected chi connectivity index (χ3v) is 2.28. The van der Waals surface area contributed by atoms with Crippen LogP contribution in [0.1, 0.15) is 10.4 Å². The van der Waals surface area contributed by atoms with E-state index in [1.165, 1.54) is 6.07 Å². The molecule has 0 saturated carbocycles. The molecular formula is C10H10ClLiN2O3. The number of carboxylic acids is 1. The SMILES string of the molecule is CN(C)c1nc2c(C(=O)O)cc(Cl)cc2o1.[LiH]. The normalized spacial score (nSPS) is 10.1. The number of oxazole rings is 1. The fourth-order valence-corrected chi connectivity index (χ4v) is 1.55. The molecule has 1 heterocycles. The second-order valence-corrected chi connectivity index (χ2v) is 3.93. The van der Waals surface area contributed by atoms with Crippen molar-refractivity contribution in [2.45, 2.75) is 0 Å². The summed E-state index contributed by atoms with van der Waals surface area (Å²) in [6, 6.07) is 3.25. The molecule has 0 aliphatic carbocycles. The van der Waals surface area contributed by atoms with Crippen molar-refractivity contribution in [3.05, 3.63) is 22.7 Å². The summed E-state index contributed by atoms with van der Waals surface area (Å²) in [5, 5.41) is 9.31. The maximum absolute atomic E-state index is 11.0. The predicted molar refractivity (Wildman–Crippen MR) is 67.5 cm³/mol. The van der Waals surface area contributed by atoms with Crippen LogP contribution in [0, 0.1) is 0 Å². The standard InChI is InChI=1S/C10H9ClN2O3.Li.H/c1-13(2)10-12-8-6(9(14)15)3-5(11)4-7(8)16-10;;/h3-4H,1-2H3,(H,14,15);;. The number of carboxylic acid groups (broad SMARTS) is 1. The minimum atomic E-state index is -1.08. The summed E-state index contributed by atoms with van der Waals surface area (Å²) in [7, 11) is 3.51. The van der Waals surface area contributed by atoms with E-state index in [4.69, 9.17) is 21.1 Å². The first-order valence-electron chi connectivity index (χ1n) is 4.49. The first-order valence-corrected chi connectivity index (χ1v) is 4.87. The summed E-state index contributed by atoms with van der Waals surface area (Å²) in [6.07, 6.45) is 0. The van der Waals surface area contributed by atoms with Crippen molar-refractivity contribution in [3.63, 3.8) is 0 Å². The zero-order valence-corrected chi connectivity index (χ0v) is 9.45. The van der Waals surface area contributed by atoms with Crippen molar-refractivity contribution < 1.29 is 14.3 Å². The summed E-state index contributed by atoms with van der Waals surface area (Å²) in [4.78, 5) is 16.7. The van der Waals surface area contributed by atoms with Gasteiger partial charge in [-0.2, -0.15) is 4.98 Å². The van der Waals surface area contributed by atoms with Crippen LogP contribution in [0.5, 0.6) is 0 Å². The Labute approximate surface area is 115 Å². The van der Waals surface area contributed by atoms with E-state index < -0.39 is 5.97 Å². The predicted octanol–water partition coefficient (Wildman–Crippen LogP) is 1.60. The van der Waals surface area contributed by atoms with Gasteiger partial charge in [-0.05, 0) is 6.07 Å². The maximum atomic E-state index is 11.0. The van der Waals surface area contributed by atoms with Crippen molar-refractivity contribution in [1.29, 1.82) is 0 Å². The Balaban J connectivity index is 0.00000144. The fourth-order valence-electron chi connectivity index (χ4n) is 1.34. The number of aromatic carboxylic acids is 1. The number of hydrogen-bond acceptors (Lipinski definition) is 4. The molecule has 2 rings (SSSR count). The number of anilines is 1. The van der Waals surface area contributed by atoms with Crippen LogP contribution in [0.2, 0.25) is 5.02 Å². The number of benzene rings is 1. The molecule has 0 saturated heterocycles. The van der Waals surface area contributed by atoms with Crippen molar-refractivity contribution in [2.75, 3.05) is 19.0 Å². The molecule has 7 heteroatoms. The molecule has 0 amide bonds. The second kappa shape index (κ2) is 5.01. The Hall–Kier alpha value is -1.15. The molecule has 0 spiro atoms. The van der Waals surface area contributed by atoms with Crippen molar-refractivity contribution in [2.24, 2.45) is 0 Å². The third-order valence-electron chi connectivity index (χ3n) is 2.06. The van der Waals surface area contributed by atoms with Gasteiger partial charge in [0.2, 0.25) is 0 Å².